The molecule has 2 aliphatic carbocycles. The van der Waals surface area contributed by atoms with Gasteiger partial charge >= 0.3 is 0 Å². The number of hydrogen-bond donors (Lipinski definition) is 0. The summed E-state index contributed by atoms with van der Waals surface area (Å²) in [5.41, 5.74) is 1.64. The predicted molar refractivity (Wildman–Crippen MR) is 85.2 cm³/mol. The van der Waals surface area contributed by atoms with E-state index in [4.69, 9.17) is 16.9 Å². The Morgan fingerprint density at radius 3 is 2.73 bits per heavy atom. The lowest BCUT2D eigenvalue weighted by atomic mass is 9.93. The molecule has 6 heteroatoms. The Morgan fingerprint density at radius 2 is 2.05 bits per heavy atom. The van der Waals surface area contributed by atoms with Gasteiger partial charge in [0.15, 0.2) is 0 Å². The second-order valence-corrected chi connectivity index (χ2v) is 8.73. The molecule has 0 aromatic heterocycles. The number of allylic oxidation sites excluding steroid dienone is 2. The van der Waals surface area contributed by atoms with E-state index in [9.17, 15) is 8.42 Å². The van der Waals surface area contributed by atoms with Crippen LogP contribution in [0.1, 0.15) is 17.5 Å². The molecule has 3 aliphatic rings. The summed E-state index contributed by atoms with van der Waals surface area (Å²) in [4.78, 5) is 0. The molecular weight excluding hydrogens is 320 g/mol. The molecule has 4 rings (SSSR count). The van der Waals surface area contributed by atoms with Gasteiger partial charge in [0.25, 0.3) is 0 Å². The minimum atomic E-state index is -3.37. The second kappa shape index (κ2) is 4.50. The zero-order valence-corrected chi connectivity index (χ0v) is 13.6. The Kier molecular flexibility index (Phi) is 2.88. The van der Waals surface area contributed by atoms with Gasteiger partial charge in [-0.05, 0) is 42.9 Å². The third-order valence-corrected chi connectivity index (χ3v) is 8.15. The maximum Gasteiger partial charge on any atom is 0.239 e. The van der Waals surface area contributed by atoms with Crippen molar-refractivity contribution in [2.24, 2.45) is 17.8 Å². The second-order valence-electron chi connectivity index (χ2n) is 6.34. The van der Waals surface area contributed by atoms with E-state index >= 15 is 0 Å². The molecule has 0 unspecified atom stereocenters. The Morgan fingerprint density at radius 1 is 1.32 bits per heavy atom. The monoisotopic (exact) mass is 334 g/mol. The number of sulfonamides is 1. The van der Waals surface area contributed by atoms with Crippen LogP contribution in [0.15, 0.2) is 24.3 Å². The minimum Gasteiger partial charge on any atom is -0.269 e. The molecule has 0 N–H and O–H groups in total. The number of fused-ring (bicyclic) bond motifs is 5. The summed E-state index contributed by atoms with van der Waals surface area (Å²) >= 11 is 6.20. The first-order valence-corrected chi connectivity index (χ1v) is 9.22. The summed E-state index contributed by atoms with van der Waals surface area (Å²) in [7, 11) is -3.37. The Hall–Kier alpha value is -1.51. The topological polar surface area (TPSA) is 61.2 Å². The molecule has 0 spiro atoms. The molecule has 1 aromatic carbocycles. The summed E-state index contributed by atoms with van der Waals surface area (Å²) in [6.07, 6.45) is 5.20. The van der Waals surface area contributed by atoms with Crippen LogP contribution in [0, 0.1) is 36.0 Å². The van der Waals surface area contributed by atoms with Gasteiger partial charge in [-0.3, -0.25) is 4.31 Å². The minimum absolute atomic E-state index is 0.152. The molecule has 4 atom stereocenters. The normalized spacial score (nSPS) is 34.0. The molecule has 114 valence electrons. The fourth-order valence-corrected chi connectivity index (χ4v) is 6.99. The maximum atomic E-state index is 13.0. The molecule has 1 aliphatic heterocycles. The van der Waals surface area contributed by atoms with Crippen LogP contribution in [0.5, 0.6) is 0 Å². The molecule has 4 nitrogen and oxygen atoms in total. The van der Waals surface area contributed by atoms with Crippen molar-refractivity contribution in [1.82, 2.24) is 0 Å². The molecular formula is C16H15ClN2O2S. The van der Waals surface area contributed by atoms with Gasteiger partial charge in [0, 0.05) is 12.5 Å². The highest BCUT2D eigenvalue weighted by Crippen LogP contribution is 2.53. The van der Waals surface area contributed by atoms with Crippen molar-refractivity contribution in [1.29, 1.82) is 5.26 Å². The van der Waals surface area contributed by atoms with Crippen LogP contribution >= 0.6 is 11.6 Å². The average Bonchev–Trinajstić information content (AvgIpc) is 3.14. The first-order valence-electron chi connectivity index (χ1n) is 7.34. The molecule has 0 amide bonds. The summed E-state index contributed by atoms with van der Waals surface area (Å²) in [5, 5.41) is 9.08. The number of benzene rings is 1. The van der Waals surface area contributed by atoms with Crippen molar-refractivity contribution < 1.29 is 8.42 Å². The number of rotatable bonds is 1. The summed E-state index contributed by atoms with van der Waals surface area (Å²) < 4.78 is 27.4. The maximum absolute atomic E-state index is 13.0. The number of nitriles is 1. The highest BCUT2D eigenvalue weighted by molar-refractivity contribution is 7.93. The third kappa shape index (κ3) is 1.65. The van der Waals surface area contributed by atoms with E-state index in [1.165, 1.54) is 4.31 Å². The fraction of sp³-hybridized carbons (Fsp3) is 0.438. The van der Waals surface area contributed by atoms with E-state index in [0.717, 1.165) is 6.42 Å². The molecule has 22 heavy (non-hydrogen) atoms. The Bertz CT molecular complexity index is 840. The zero-order valence-electron chi connectivity index (χ0n) is 12.0. The summed E-state index contributed by atoms with van der Waals surface area (Å²) in [6, 6.07) is 5.33. The number of anilines is 1. The lowest BCUT2D eigenvalue weighted by molar-refractivity contribution is 0.485. The van der Waals surface area contributed by atoms with Crippen LogP contribution in [0.2, 0.25) is 5.02 Å². The molecule has 2 fully saturated rings. The van der Waals surface area contributed by atoms with Gasteiger partial charge in [-0.2, -0.15) is 5.26 Å². The quantitative estimate of drug-likeness (QED) is 0.742. The van der Waals surface area contributed by atoms with Crippen LogP contribution in [-0.4, -0.2) is 20.2 Å². The lowest BCUT2D eigenvalue weighted by Gasteiger charge is -2.23. The highest BCUT2D eigenvalue weighted by atomic mass is 35.5. The van der Waals surface area contributed by atoms with Crippen LogP contribution in [0.3, 0.4) is 0 Å². The first-order chi connectivity index (χ1) is 10.4. The zero-order chi connectivity index (χ0) is 15.6. The van der Waals surface area contributed by atoms with E-state index in [2.05, 4.69) is 12.2 Å². The fourth-order valence-electron chi connectivity index (χ4n) is 4.27. The Balaban J connectivity index is 1.80. The van der Waals surface area contributed by atoms with Crippen molar-refractivity contribution >= 4 is 27.3 Å². The molecule has 1 saturated heterocycles. The van der Waals surface area contributed by atoms with Gasteiger partial charge in [-0.25, -0.2) is 8.42 Å². The third-order valence-electron chi connectivity index (χ3n) is 5.32. The number of nitrogens with zero attached hydrogens (tertiary/aromatic N) is 2. The van der Waals surface area contributed by atoms with E-state index in [1.54, 1.807) is 19.1 Å². The van der Waals surface area contributed by atoms with Crippen molar-refractivity contribution in [3.63, 3.8) is 0 Å². The Labute approximate surface area is 135 Å². The smallest absolute Gasteiger partial charge is 0.239 e. The lowest BCUT2D eigenvalue weighted by Crippen LogP contribution is -2.32. The summed E-state index contributed by atoms with van der Waals surface area (Å²) in [5.74, 6) is 0.705. The van der Waals surface area contributed by atoms with Gasteiger partial charge in [-0.1, -0.05) is 23.8 Å². The van der Waals surface area contributed by atoms with E-state index in [-0.39, 0.29) is 17.1 Å². The largest absolute Gasteiger partial charge is 0.269 e. The number of halogens is 1. The van der Waals surface area contributed by atoms with Crippen LogP contribution < -0.4 is 4.31 Å². The van der Waals surface area contributed by atoms with Gasteiger partial charge < -0.3 is 0 Å². The van der Waals surface area contributed by atoms with Crippen molar-refractivity contribution in [2.45, 2.75) is 18.6 Å². The van der Waals surface area contributed by atoms with Crippen LogP contribution in [0.4, 0.5) is 5.69 Å². The number of hydrogen-bond acceptors (Lipinski definition) is 3. The molecule has 2 bridgehead atoms. The molecule has 1 aromatic rings. The van der Waals surface area contributed by atoms with Gasteiger partial charge in [-0.15, -0.1) is 0 Å². The SMILES string of the molecule is Cc1c(N2C[C@H]3[C@H]([C@H]4C=C[C@@H]3C4)S2(=O)=O)ccc(C#N)c1Cl. The van der Waals surface area contributed by atoms with E-state index in [1.807, 2.05) is 6.07 Å². The van der Waals surface area contributed by atoms with Gasteiger partial charge in [0.1, 0.15) is 6.07 Å². The molecule has 0 radical (unpaired) electrons. The van der Waals surface area contributed by atoms with E-state index < -0.39 is 10.0 Å². The average molecular weight is 335 g/mol. The van der Waals surface area contributed by atoms with Crippen molar-refractivity contribution in [3.8, 4) is 6.07 Å². The highest BCUT2D eigenvalue weighted by Gasteiger charge is 2.58. The van der Waals surface area contributed by atoms with Gasteiger partial charge in [0.2, 0.25) is 10.0 Å². The van der Waals surface area contributed by atoms with E-state index in [0.29, 0.717) is 34.3 Å². The van der Waals surface area contributed by atoms with Crippen molar-refractivity contribution in [2.75, 3.05) is 10.8 Å². The van der Waals surface area contributed by atoms with Crippen LogP contribution in [-0.2, 0) is 10.0 Å². The summed E-state index contributed by atoms with van der Waals surface area (Å²) in [6.45, 7) is 2.29. The molecule has 1 saturated carbocycles. The first kappa shape index (κ1) is 14.1. The van der Waals surface area contributed by atoms with Crippen LogP contribution in [0.25, 0.3) is 0 Å². The predicted octanol–water partition coefficient (Wildman–Crippen LogP) is 2.86. The van der Waals surface area contributed by atoms with Gasteiger partial charge in [0.05, 0.1) is 21.5 Å². The van der Waals surface area contributed by atoms with Crippen molar-refractivity contribution in [3.05, 3.63) is 40.4 Å². The molecule has 1 heterocycles. The standard InChI is InChI=1S/C16H15ClN2O2S/c1-9-14(5-4-12(7-18)15(9)17)19-8-13-10-2-3-11(6-10)16(13)22(19,20)21/h2-5,10-11,13,16H,6,8H2,1H3/t10-,11+,13-,16+/m1/s1.